The van der Waals surface area contributed by atoms with E-state index in [9.17, 15) is 0 Å². The zero-order valence-corrected chi connectivity index (χ0v) is 17.5. The average molecular weight is 399 g/mol. The van der Waals surface area contributed by atoms with Gasteiger partial charge in [0.2, 0.25) is 0 Å². The quantitative estimate of drug-likeness (QED) is 0.328. The molecule has 2 aromatic heterocycles. The topological polar surface area (TPSA) is 3.01 Å². The van der Waals surface area contributed by atoms with Crippen molar-refractivity contribution in [3.63, 3.8) is 0 Å². The van der Waals surface area contributed by atoms with E-state index in [2.05, 4.69) is 104 Å². The standard InChI is InChI=1S/C25H20NS2/c1-26(2)20-13-11-17(12-14-20)25(23-15-18-7-3-5-9-21(18)27-23)24-16-19-8-4-6-10-22(19)28-24/h3-16H,1-2H3/q+1. The molecular weight excluding hydrogens is 378 g/mol. The molecule has 2 aromatic carbocycles. The van der Waals surface area contributed by atoms with Crippen molar-refractivity contribution >= 4 is 54.1 Å². The first-order valence-electron chi connectivity index (χ1n) is 9.32. The lowest BCUT2D eigenvalue weighted by Gasteiger charge is -2.09. The van der Waals surface area contributed by atoms with Gasteiger partial charge < -0.3 is 0 Å². The van der Waals surface area contributed by atoms with Gasteiger partial charge in [-0.3, -0.25) is 0 Å². The number of benzene rings is 2. The highest BCUT2D eigenvalue weighted by atomic mass is 32.1. The fourth-order valence-corrected chi connectivity index (χ4v) is 5.90. The summed E-state index contributed by atoms with van der Waals surface area (Å²) in [6.45, 7) is 0. The molecule has 0 atom stereocenters. The van der Waals surface area contributed by atoms with Crippen molar-refractivity contribution in [2.75, 3.05) is 14.1 Å². The number of hydrogen-bond donors (Lipinski definition) is 0. The number of allylic oxidation sites excluding steroid dienone is 5. The monoisotopic (exact) mass is 398 g/mol. The molecule has 2 heterocycles. The van der Waals surface area contributed by atoms with Gasteiger partial charge in [-0.1, -0.05) is 36.4 Å². The van der Waals surface area contributed by atoms with Crippen LogP contribution in [-0.4, -0.2) is 24.4 Å². The summed E-state index contributed by atoms with van der Waals surface area (Å²) in [5.74, 6) is 0. The van der Waals surface area contributed by atoms with Crippen LogP contribution in [0.1, 0.15) is 9.75 Å². The lowest BCUT2D eigenvalue weighted by molar-refractivity contribution is -0.462. The van der Waals surface area contributed by atoms with E-state index < -0.39 is 0 Å². The summed E-state index contributed by atoms with van der Waals surface area (Å²) in [5.41, 5.74) is 3.81. The smallest absolute Gasteiger partial charge is 0.199 e. The molecule has 1 aliphatic carbocycles. The maximum atomic E-state index is 2.33. The molecule has 136 valence electrons. The Hall–Kier alpha value is -2.75. The maximum absolute atomic E-state index is 2.33. The van der Waals surface area contributed by atoms with Crippen LogP contribution in [0.25, 0.3) is 25.7 Å². The van der Waals surface area contributed by atoms with Crippen LogP contribution in [0.2, 0.25) is 0 Å². The van der Waals surface area contributed by atoms with Crippen LogP contribution in [0.15, 0.2) is 90.5 Å². The Balaban J connectivity index is 1.75. The Morgan fingerprint density at radius 3 is 1.64 bits per heavy atom. The molecule has 4 aromatic rings. The van der Waals surface area contributed by atoms with E-state index in [1.54, 1.807) is 0 Å². The molecule has 0 unspecified atom stereocenters. The molecule has 0 spiro atoms. The second-order valence-electron chi connectivity index (χ2n) is 7.11. The van der Waals surface area contributed by atoms with Crippen LogP contribution in [0.4, 0.5) is 0 Å². The maximum Gasteiger partial charge on any atom is 0.199 e. The summed E-state index contributed by atoms with van der Waals surface area (Å²) in [5, 5.41) is 2.62. The molecule has 0 saturated heterocycles. The van der Waals surface area contributed by atoms with Crippen molar-refractivity contribution in [2.24, 2.45) is 0 Å². The van der Waals surface area contributed by atoms with Gasteiger partial charge in [0, 0.05) is 36.9 Å². The molecule has 0 bridgehead atoms. The van der Waals surface area contributed by atoms with Gasteiger partial charge in [0.15, 0.2) is 5.71 Å². The Morgan fingerprint density at radius 2 is 1.18 bits per heavy atom. The van der Waals surface area contributed by atoms with Crippen molar-refractivity contribution in [3.05, 3.63) is 100 Å². The normalized spacial score (nSPS) is 13.6. The minimum absolute atomic E-state index is 1.22. The number of thiophene rings is 2. The average Bonchev–Trinajstić information content (AvgIpc) is 3.32. The molecule has 0 amide bonds. The SMILES string of the molecule is C[N+](C)=C1C=CC(=C(c2cc3ccccc3s2)c2cc3ccccc3s2)C=C1. The second-order valence-corrected chi connectivity index (χ2v) is 9.28. The van der Waals surface area contributed by atoms with Gasteiger partial charge in [0.05, 0.1) is 0 Å². The van der Waals surface area contributed by atoms with Gasteiger partial charge in [-0.25, -0.2) is 4.58 Å². The van der Waals surface area contributed by atoms with E-state index in [1.807, 2.05) is 22.7 Å². The highest BCUT2D eigenvalue weighted by Gasteiger charge is 2.17. The van der Waals surface area contributed by atoms with Gasteiger partial charge in [-0.2, -0.15) is 0 Å². The lowest BCUT2D eigenvalue weighted by atomic mass is 9.99. The number of rotatable bonds is 2. The van der Waals surface area contributed by atoms with Crippen LogP contribution < -0.4 is 0 Å². The van der Waals surface area contributed by atoms with Crippen LogP contribution >= 0.6 is 22.7 Å². The third-order valence-electron chi connectivity index (χ3n) is 5.02. The summed E-state index contributed by atoms with van der Waals surface area (Å²) in [6, 6.07) is 22.0. The van der Waals surface area contributed by atoms with Gasteiger partial charge in [-0.15, -0.1) is 22.7 Å². The molecule has 0 aliphatic heterocycles. The van der Waals surface area contributed by atoms with E-state index in [4.69, 9.17) is 0 Å². The Bertz CT molecular complexity index is 1160. The van der Waals surface area contributed by atoms with Crippen molar-refractivity contribution in [3.8, 4) is 0 Å². The second kappa shape index (κ2) is 7.01. The van der Waals surface area contributed by atoms with E-state index in [0.29, 0.717) is 0 Å². The Kier molecular flexibility index (Phi) is 4.34. The molecule has 0 radical (unpaired) electrons. The molecule has 0 fully saturated rings. The van der Waals surface area contributed by atoms with Crippen molar-refractivity contribution < 1.29 is 4.58 Å². The number of hydrogen-bond acceptors (Lipinski definition) is 2. The Labute approximate surface area is 172 Å². The third-order valence-corrected chi connectivity index (χ3v) is 7.28. The third kappa shape index (κ3) is 3.07. The van der Waals surface area contributed by atoms with E-state index in [1.165, 1.54) is 46.8 Å². The number of fused-ring (bicyclic) bond motifs is 2. The highest BCUT2D eigenvalue weighted by molar-refractivity contribution is 7.22. The highest BCUT2D eigenvalue weighted by Crippen LogP contribution is 2.41. The fourth-order valence-electron chi connectivity index (χ4n) is 3.54. The minimum atomic E-state index is 1.22. The van der Waals surface area contributed by atoms with Gasteiger partial charge >= 0.3 is 0 Å². The summed E-state index contributed by atoms with van der Waals surface area (Å²) in [4.78, 5) is 2.65. The zero-order chi connectivity index (χ0) is 19.1. The summed E-state index contributed by atoms with van der Waals surface area (Å²) in [6.07, 6.45) is 8.91. The molecule has 1 nitrogen and oxygen atoms in total. The minimum Gasteiger partial charge on any atom is -0.235 e. The van der Waals surface area contributed by atoms with E-state index >= 15 is 0 Å². The fraction of sp³-hybridized carbons (Fsp3) is 0.0800. The summed E-state index contributed by atoms with van der Waals surface area (Å²) in [7, 11) is 4.16. The van der Waals surface area contributed by atoms with Crippen molar-refractivity contribution in [1.82, 2.24) is 0 Å². The first kappa shape index (κ1) is 17.4. The largest absolute Gasteiger partial charge is 0.235 e. The first-order valence-corrected chi connectivity index (χ1v) is 10.9. The molecule has 0 saturated carbocycles. The van der Waals surface area contributed by atoms with Crippen molar-refractivity contribution in [2.45, 2.75) is 0 Å². The predicted octanol–water partition coefficient (Wildman–Crippen LogP) is 6.76. The summed E-state index contributed by atoms with van der Waals surface area (Å²) >= 11 is 3.75. The molecule has 1 aliphatic rings. The number of nitrogens with zero attached hydrogens (tertiary/aromatic N) is 1. The molecular formula is C25H20NS2+. The predicted molar refractivity (Wildman–Crippen MR) is 125 cm³/mol. The van der Waals surface area contributed by atoms with E-state index in [0.717, 1.165) is 0 Å². The van der Waals surface area contributed by atoms with Gasteiger partial charge in [-0.05, 0) is 52.8 Å². The van der Waals surface area contributed by atoms with E-state index in [-0.39, 0.29) is 0 Å². The Morgan fingerprint density at radius 1 is 0.679 bits per heavy atom. The first-order chi connectivity index (χ1) is 13.7. The lowest BCUT2D eigenvalue weighted by Crippen LogP contribution is -2.09. The van der Waals surface area contributed by atoms with Crippen LogP contribution in [0.3, 0.4) is 0 Å². The molecule has 0 N–H and O–H groups in total. The van der Waals surface area contributed by atoms with Crippen LogP contribution in [-0.2, 0) is 0 Å². The molecule has 28 heavy (non-hydrogen) atoms. The zero-order valence-electron chi connectivity index (χ0n) is 15.8. The van der Waals surface area contributed by atoms with Gasteiger partial charge in [0.25, 0.3) is 0 Å². The van der Waals surface area contributed by atoms with Crippen molar-refractivity contribution in [1.29, 1.82) is 0 Å². The summed E-state index contributed by atoms with van der Waals surface area (Å²) < 4.78 is 4.81. The molecule has 3 heteroatoms. The van der Waals surface area contributed by atoms with Crippen LogP contribution in [0, 0.1) is 0 Å². The van der Waals surface area contributed by atoms with Gasteiger partial charge in [0.1, 0.15) is 14.1 Å². The van der Waals surface area contributed by atoms with Crippen LogP contribution in [0.5, 0.6) is 0 Å². The molecule has 5 rings (SSSR count).